The van der Waals surface area contributed by atoms with Gasteiger partial charge in [-0.2, -0.15) is 0 Å². The van der Waals surface area contributed by atoms with Crippen molar-refractivity contribution < 1.29 is 17.6 Å². The Morgan fingerprint density at radius 2 is 2.08 bits per heavy atom. The monoisotopic (exact) mass is 348 g/mol. The van der Waals surface area contributed by atoms with Crippen LogP contribution in [0.5, 0.6) is 0 Å². The minimum atomic E-state index is -3.07. The summed E-state index contributed by atoms with van der Waals surface area (Å²) in [6.45, 7) is 0. The van der Waals surface area contributed by atoms with E-state index in [4.69, 9.17) is 0 Å². The van der Waals surface area contributed by atoms with E-state index < -0.39 is 15.7 Å². The molecular formula is C17H17FN2O3S. The summed E-state index contributed by atoms with van der Waals surface area (Å²) in [6.07, 6.45) is 1.93. The molecule has 2 aromatic rings. The number of hydrogen-bond acceptors (Lipinski definition) is 4. The molecule has 1 unspecified atom stereocenters. The average molecular weight is 348 g/mol. The molecule has 1 atom stereocenters. The predicted molar refractivity (Wildman–Crippen MR) is 88.8 cm³/mol. The van der Waals surface area contributed by atoms with Crippen molar-refractivity contribution in [2.75, 3.05) is 18.6 Å². The number of sulfone groups is 1. The Kier molecular flexibility index (Phi) is 4.36. The molecule has 0 spiro atoms. The molecule has 24 heavy (non-hydrogen) atoms. The quantitative estimate of drug-likeness (QED) is 0.852. The van der Waals surface area contributed by atoms with Crippen molar-refractivity contribution in [3.05, 3.63) is 54.0 Å². The number of amides is 1. The molecule has 0 aliphatic carbocycles. The molecule has 1 aliphatic heterocycles. The summed E-state index contributed by atoms with van der Waals surface area (Å²) < 4.78 is 37.1. The van der Waals surface area contributed by atoms with E-state index in [9.17, 15) is 17.6 Å². The smallest absolute Gasteiger partial charge is 0.253 e. The van der Waals surface area contributed by atoms with Crippen molar-refractivity contribution in [2.45, 2.75) is 12.5 Å². The number of rotatable bonds is 3. The van der Waals surface area contributed by atoms with E-state index in [1.807, 2.05) is 0 Å². The number of aromatic nitrogens is 1. The van der Waals surface area contributed by atoms with Crippen LogP contribution in [0.3, 0.4) is 0 Å². The minimum absolute atomic E-state index is 0.0101. The van der Waals surface area contributed by atoms with Gasteiger partial charge in [0.25, 0.3) is 5.91 Å². The highest BCUT2D eigenvalue weighted by atomic mass is 32.2. The molecule has 126 valence electrons. The second-order valence-corrected chi connectivity index (χ2v) is 8.12. The number of carbonyl (C=O) groups excluding carboxylic acids is 1. The molecule has 7 heteroatoms. The predicted octanol–water partition coefficient (Wildman–Crippen LogP) is 2.15. The Hall–Kier alpha value is -2.28. The first-order valence-corrected chi connectivity index (χ1v) is 9.38. The minimum Gasteiger partial charge on any atom is -0.338 e. The van der Waals surface area contributed by atoms with Gasteiger partial charge in [-0.25, -0.2) is 12.8 Å². The molecule has 1 fully saturated rings. The highest BCUT2D eigenvalue weighted by Gasteiger charge is 2.33. The van der Waals surface area contributed by atoms with Crippen LogP contribution in [0, 0.1) is 5.82 Å². The van der Waals surface area contributed by atoms with E-state index in [2.05, 4.69) is 4.98 Å². The van der Waals surface area contributed by atoms with E-state index >= 15 is 0 Å². The summed E-state index contributed by atoms with van der Waals surface area (Å²) in [5, 5.41) is 0. The van der Waals surface area contributed by atoms with Gasteiger partial charge < -0.3 is 4.90 Å². The van der Waals surface area contributed by atoms with Crippen molar-refractivity contribution in [2.24, 2.45) is 0 Å². The fourth-order valence-electron chi connectivity index (χ4n) is 2.85. The standard InChI is InChI=1S/C17H17FN2O3S/c1-20(14-7-9-24(22,23)11-14)17(21)13-5-2-4-12(10-13)16-15(18)6-3-8-19-16/h2-6,8,10,14H,7,9,11H2,1H3. The first-order valence-electron chi connectivity index (χ1n) is 7.56. The summed E-state index contributed by atoms with van der Waals surface area (Å²) in [6, 6.07) is 9.05. The van der Waals surface area contributed by atoms with Crippen LogP contribution in [0.15, 0.2) is 42.6 Å². The zero-order valence-electron chi connectivity index (χ0n) is 13.1. The number of nitrogens with zero attached hydrogens (tertiary/aromatic N) is 2. The maximum Gasteiger partial charge on any atom is 0.253 e. The van der Waals surface area contributed by atoms with Crippen molar-refractivity contribution in [1.82, 2.24) is 9.88 Å². The van der Waals surface area contributed by atoms with Crippen LogP contribution in [-0.2, 0) is 9.84 Å². The van der Waals surface area contributed by atoms with E-state index in [1.165, 1.54) is 23.2 Å². The van der Waals surface area contributed by atoms with Crippen LogP contribution in [-0.4, -0.2) is 48.8 Å². The van der Waals surface area contributed by atoms with Gasteiger partial charge in [-0.3, -0.25) is 9.78 Å². The van der Waals surface area contributed by atoms with Crippen molar-refractivity contribution in [1.29, 1.82) is 0 Å². The average Bonchev–Trinajstić information content (AvgIpc) is 2.94. The molecule has 3 rings (SSSR count). The van der Waals surface area contributed by atoms with Gasteiger partial charge in [-0.15, -0.1) is 0 Å². The Balaban J connectivity index is 1.86. The molecular weight excluding hydrogens is 331 g/mol. The summed E-state index contributed by atoms with van der Waals surface area (Å²) in [4.78, 5) is 18.1. The normalized spacial score (nSPS) is 19.2. The van der Waals surface area contributed by atoms with Gasteiger partial charge in [0.05, 0.1) is 11.5 Å². The largest absolute Gasteiger partial charge is 0.338 e. The maximum atomic E-state index is 13.9. The van der Waals surface area contributed by atoms with Gasteiger partial charge in [-0.1, -0.05) is 12.1 Å². The van der Waals surface area contributed by atoms with Crippen LogP contribution < -0.4 is 0 Å². The fraction of sp³-hybridized carbons (Fsp3) is 0.294. The van der Waals surface area contributed by atoms with Crippen molar-refractivity contribution in [3.8, 4) is 11.3 Å². The Bertz CT molecular complexity index is 883. The first-order chi connectivity index (χ1) is 11.4. The number of carbonyl (C=O) groups is 1. The van der Waals surface area contributed by atoms with Gasteiger partial charge in [-0.05, 0) is 30.7 Å². The van der Waals surface area contributed by atoms with Gasteiger partial charge >= 0.3 is 0 Å². The lowest BCUT2D eigenvalue weighted by molar-refractivity contribution is 0.0747. The van der Waals surface area contributed by atoms with Crippen molar-refractivity contribution >= 4 is 15.7 Å². The first kappa shape index (κ1) is 16.6. The molecule has 0 N–H and O–H groups in total. The van der Waals surface area contributed by atoms with E-state index in [-0.39, 0.29) is 29.1 Å². The van der Waals surface area contributed by atoms with E-state index in [1.54, 1.807) is 31.3 Å². The lowest BCUT2D eigenvalue weighted by atomic mass is 10.1. The number of pyridine rings is 1. The lowest BCUT2D eigenvalue weighted by Gasteiger charge is -2.23. The van der Waals surface area contributed by atoms with Crippen LogP contribution in [0.4, 0.5) is 4.39 Å². The third-order valence-corrected chi connectivity index (χ3v) is 5.97. The molecule has 1 saturated heterocycles. The number of halogens is 1. The highest BCUT2D eigenvalue weighted by Crippen LogP contribution is 2.23. The van der Waals surface area contributed by atoms with Crippen molar-refractivity contribution in [3.63, 3.8) is 0 Å². The zero-order valence-corrected chi connectivity index (χ0v) is 14.0. The third-order valence-electron chi connectivity index (χ3n) is 4.22. The van der Waals surface area contributed by atoms with E-state index in [0.29, 0.717) is 17.5 Å². The molecule has 1 amide bonds. The molecule has 1 aromatic heterocycles. The maximum absolute atomic E-state index is 13.9. The summed E-state index contributed by atoms with van der Waals surface area (Å²) in [5.74, 6) is -0.647. The molecule has 1 aliphatic rings. The Morgan fingerprint density at radius 1 is 1.29 bits per heavy atom. The van der Waals surface area contributed by atoms with Crippen LogP contribution in [0.1, 0.15) is 16.8 Å². The van der Waals surface area contributed by atoms with Gasteiger partial charge in [0.2, 0.25) is 0 Å². The second-order valence-electron chi connectivity index (χ2n) is 5.89. The number of benzene rings is 1. The second kappa shape index (κ2) is 6.32. The third kappa shape index (κ3) is 3.31. The van der Waals surface area contributed by atoms with Gasteiger partial charge in [0.15, 0.2) is 9.84 Å². The lowest BCUT2D eigenvalue weighted by Crippen LogP contribution is -2.37. The highest BCUT2D eigenvalue weighted by molar-refractivity contribution is 7.91. The van der Waals surface area contributed by atoms with E-state index in [0.717, 1.165) is 0 Å². The SMILES string of the molecule is CN(C(=O)c1cccc(-c2ncccc2F)c1)C1CCS(=O)(=O)C1. The summed E-state index contributed by atoms with van der Waals surface area (Å²) in [5.41, 5.74) is 1.06. The molecule has 1 aromatic carbocycles. The Morgan fingerprint density at radius 3 is 2.75 bits per heavy atom. The molecule has 5 nitrogen and oxygen atoms in total. The van der Waals surface area contributed by atoms with Crippen LogP contribution in [0.2, 0.25) is 0 Å². The topological polar surface area (TPSA) is 67.3 Å². The fourth-order valence-corrected chi connectivity index (χ4v) is 4.62. The Labute approximate surface area is 140 Å². The van der Waals surface area contributed by atoms with Crippen LogP contribution >= 0.6 is 0 Å². The summed E-state index contributed by atoms with van der Waals surface area (Å²) >= 11 is 0. The molecule has 0 bridgehead atoms. The van der Waals surface area contributed by atoms with Crippen LogP contribution in [0.25, 0.3) is 11.3 Å². The zero-order chi connectivity index (χ0) is 17.3. The van der Waals surface area contributed by atoms with Gasteiger partial charge in [0, 0.05) is 30.4 Å². The number of hydrogen-bond donors (Lipinski definition) is 0. The molecule has 2 heterocycles. The van der Waals surface area contributed by atoms with Gasteiger partial charge in [0.1, 0.15) is 11.5 Å². The summed E-state index contributed by atoms with van der Waals surface area (Å²) in [7, 11) is -1.47. The molecule has 0 radical (unpaired) electrons. The molecule has 0 saturated carbocycles.